The van der Waals surface area contributed by atoms with E-state index in [1.54, 1.807) is 0 Å². The van der Waals surface area contributed by atoms with E-state index in [2.05, 4.69) is 0 Å². The Kier molecular flexibility index (Phi) is 4.60. The van der Waals surface area contributed by atoms with Crippen LogP contribution < -0.4 is 0 Å². The fraction of sp³-hybridized carbons (Fsp3) is 0.833. The van der Waals surface area contributed by atoms with E-state index in [1.807, 2.05) is 0 Å². The Morgan fingerprint density at radius 3 is 2.48 bits per heavy atom. The number of aliphatic carboxylic acids is 1. The normalized spacial score (nSPS) is 26.0. The number of hydrogen-bond donors (Lipinski definition) is 1. The van der Waals surface area contributed by atoms with E-state index < -0.39 is 37.2 Å². The fourth-order valence-electron chi connectivity index (χ4n) is 2.29. The second-order valence-corrected chi connectivity index (χ2v) is 6.54. The molecule has 2 atom stereocenters. The summed E-state index contributed by atoms with van der Waals surface area (Å²) >= 11 is 1.40. The third-order valence-electron chi connectivity index (χ3n) is 3.62. The predicted octanol–water partition coefficient (Wildman–Crippen LogP) is 2.23. The topological polar surface area (TPSA) is 60.9 Å². The lowest BCUT2D eigenvalue weighted by atomic mass is 10.2. The van der Waals surface area contributed by atoms with Crippen molar-refractivity contribution >= 4 is 23.8 Å². The largest absolute Gasteiger partial charge is 0.480 e. The molecule has 2 aliphatic rings. The number of hydrogen-bond acceptors (Lipinski definition) is 3. The van der Waals surface area contributed by atoms with E-state index in [4.69, 9.17) is 0 Å². The van der Waals surface area contributed by atoms with Crippen LogP contribution in [0.25, 0.3) is 0 Å². The zero-order valence-corrected chi connectivity index (χ0v) is 12.3. The molecule has 1 aliphatic heterocycles. The van der Waals surface area contributed by atoms with E-state index in [0.717, 1.165) is 17.7 Å². The van der Waals surface area contributed by atoms with Crippen LogP contribution in [0, 0.1) is 5.92 Å². The Morgan fingerprint density at radius 2 is 2.00 bits per heavy atom. The molecule has 2 unspecified atom stereocenters. The zero-order valence-electron chi connectivity index (χ0n) is 11.5. The molecule has 1 N–H and O–H groups in total. The first kappa shape index (κ1) is 16.3. The Balaban J connectivity index is 2.04. The van der Waals surface area contributed by atoms with Gasteiger partial charge >= 0.3 is 18.2 Å². The molecule has 5 nitrogen and oxygen atoms in total. The fourth-order valence-corrected chi connectivity index (χ4v) is 3.92. The first-order chi connectivity index (χ1) is 9.70. The number of nitrogens with zero attached hydrogens (tertiary/aromatic N) is 2. The van der Waals surface area contributed by atoms with Crippen molar-refractivity contribution in [3.05, 3.63) is 0 Å². The second-order valence-electron chi connectivity index (χ2n) is 5.39. The Bertz CT molecular complexity index is 428. The molecule has 2 amide bonds. The summed E-state index contributed by atoms with van der Waals surface area (Å²) in [6.07, 6.45) is -3.57. The number of urea groups is 1. The first-order valence-corrected chi connectivity index (χ1v) is 7.70. The van der Waals surface area contributed by atoms with E-state index >= 15 is 0 Å². The Hall–Kier alpha value is -1.12. The summed E-state index contributed by atoms with van der Waals surface area (Å²) in [5, 5.41) is 8.96. The van der Waals surface area contributed by atoms with Gasteiger partial charge in [0.15, 0.2) is 0 Å². The minimum atomic E-state index is -4.34. The van der Waals surface area contributed by atoms with E-state index in [-0.39, 0.29) is 17.0 Å². The van der Waals surface area contributed by atoms with Gasteiger partial charge in [0.05, 0.1) is 11.8 Å². The molecule has 21 heavy (non-hydrogen) atoms. The first-order valence-electron chi connectivity index (χ1n) is 6.65. The van der Waals surface area contributed by atoms with Gasteiger partial charge in [0, 0.05) is 19.3 Å². The smallest absolute Gasteiger partial charge is 0.390 e. The average molecular weight is 326 g/mol. The molecular formula is C12H17F3N2O3S. The molecule has 1 saturated carbocycles. The summed E-state index contributed by atoms with van der Waals surface area (Å²) in [5.74, 6) is -0.558. The molecule has 0 aromatic heterocycles. The summed E-state index contributed by atoms with van der Waals surface area (Å²) in [7, 11) is 1.28. The van der Waals surface area contributed by atoms with Crippen LogP contribution in [0.3, 0.4) is 0 Å². The third kappa shape index (κ3) is 3.96. The molecule has 2 fully saturated rings. The highest BCUT2D eigenvalue weighted by Crippen LogP contribution is 2.45. The van der Waals surface area contributed by atoms with Gasteiger partial charge in [0.1, 0.15) is 6.04 Å². The van der Waals surface area contributed by atoms with Crippen molar-refractivity contribution in [1.82, 2.24) is 9.80 Å². The highest BCUT2D eigenvalue weighted by molar-refractivity contribution is 8.00. The number of carboxylic acid groups (broad SMARTS) is 1. The van der Waals surface area contributed by atoms with Crippen molar-refractivity contribution in [1.29, 1.82) is 0 Å². The quantitative estimate of drug-likeness (QED) is 0.861. The number of amides is 2. The Morgan fingerprint density at radius 1 is 1.38 bits per heavy atom. The van der Waals surface area contributed by atoms with Gasteiger partial charge in [-0.15, -0.1) is 11.8 Å². The number of rotatable bonds is 4. The number of carbonyl (C=O) groups excluding carboxylic acids is 1. The highest BCUT2D eigenvalue weighted by atomic mass is 32.2. The van der Waals surface area contributed by atoms with Crippen LogP contribution >= 0.6 is 11.8 Å². The van der Waals surface area contributed by atoms with Crippen molar-refractivity contribution in [3.63, 3.8) is 0 Å². The molecule has 0 bridgehead atoms. The molecule has 0 aromatic carbocycles. The number of alkyl halides is 3. The number of carboxylic acids is 1. The van der Waals surface area contributed by atoms with E-state index in [9.17, 15) is 27.9 Å². The lowest BCUT2D eigenvalue weighted by Gasteiger charge is -2.31. The lowest BCUT2D eigenvalue weighted by molar-refractivity contribution is -0.142. The number of thioether (sulfide) groups is 1. The highest BCUT2D eigenvalue weighted by Gasteiger charge is 2.48. The average Bonchev–Trinajstić information content (AvgIpc) is 3.12. The van der Waals surface area contributed by atoms with Gasteiger partial charge in [-0.1, -0.05) is 0 Å². The van der Waals surface area contributed by atoms with Gasteiger partial charge in [-0.25, -0.2) is 9.59 Å². The summed E-state index contributed by atoms with van der Waals surface area (Å²) < 4.78 is 36.7. The number of carbonyl (C=O) groups is 2. The van der Waals surface area contributed by atoms with Gasteiger partial charge in [0.2, 0.25) is 0 Å². The van der Waals surface area contributed by atoms with Gasteiger partial charge in [-0.05, 0) is 18.8 Å². The van der Waals surface area contributed by atoms with Gasteiger partial charge < -0.3 is 10.0 Å². The molecule has 0 radical (unpaired) electrons. The summed E-state index contributed by atoms with van der Waals surface area (Å²) in [4.78, 5) is 25.8. The molecule has 0 aromatic rings. The van der Waals surface area contributed by atoms with Gasteiger partial charge in [-0.2, -0.15) is 13.2 Å². The third-order valence-corrected chi connectivity index (χ3v) is 5.08. The second kappa shape index (κ2) is 5.94. The van der Waals surface area contributed by atoms with Crippen molar-refractivity contribution in [2.24, 2.45) is 5.92 Å². The molecular weight excluding hydrogens is 309 g/mol. The van der Waals surface area contributed by atoms with Crippen molar-refractivity contribution in [2.75, 3.05) is 19.3 Å². The maximum absolute atomic E-state index is 12.3. The maximum atomic E-state index is 12.3. The SMILES string of the molecule is CN(CCC(F)(F)F)C(=O)N1C(C(=O)O)CSC1C1CC1. The molecule has 1 aliphatic carbocycles. The van der Waals surface area contributed by atoms with Crippen LogP contribution in [-0.4, -0.2) is 63.8 Å². The van der Waals surface area contributed by atoms with Crippen molar-refractivity contribution in [3.8, 4) is 0 Å². The minimum absolute atomic E-state index is 0.230. The Labute approximate surface area is 124 Å². The van der Waals surface area contributed by atoms with E-state index in [0.29, 0.717) is 0 Å². The van der Waals surface area contributed by atoms with Crippen molar-refractivity contribution in [2.45, 2.75) is 36.9 Å². The number of halogens is 3. The molecule has 1 saturated heterocycles. The van der Waals surface area contributed by atoms with Crippen LogP contribution in [-0.2, 0) is 4.79 Å². The molecule has 2 rings (SSSR count). The standard InChI is InChI=1S/C12H17F3N2O3S/c1-16(5-4-12(13,14)15)11(20)17-8(10(18)19)6-21-9(17)7-2-3-7/h7-9H,2-6H2,1H3,(H,18,19). The molecule has 9 heteroatoms. The van der Waals surface area contributed by atoms with Crippen LogP contribution in [0.5, 0.6) is 0 Å². The molecule has 0 spiro atoms. The summed E-state index contributed by atoms with van der Waals surface area (Å²) in [6.45, 7) is -0.465. The van der Waals surface area contributed by atoms with Crippen LogP contribution in [0.4, 0.5) is 18.0 Å². The van der Waals surface area contributed by atoms with E-state index in [1.165, 1.54) is 23.7 Å². The minimum Gasteiger partial charge on any atom is -0.480 e. The maximum Gasteiger partial charge on any atom is 0.390 e. The van der Waals surface area contributed by atoms with Gasteiger partial charge in [0.25, 0.3) is 0 Å². The van der Waals surface area contributed by atoms with Crippen LogP contribution in [0.2, 0.25) is 0 Å². The summed E-state index contributed by atoms with van der Waals surface area (Å²) in [5.41, 5.74) is 0. The van der Waals surface area contributed by atoms with Crippen LogP contribution in [0.1, 0.15) is 19.3 Å². The monoisotopic (exact) mass is 326 g/mol. The van der Waals surface area contributed by atoms with Crippen molar-refractivity contribution < 1.29 is 27.9 Å². The zero-order chi connectivity index (χ0) is 15.8. The predicted molar refractivity (Wildman–Crippen MR) is 70.9 cm³/mol. The lowest BCUT2D eigenvalue weighted by Crippen LogP contribution is -2.51. The summed E-state index contributed by atoms with van der Waals surface area (Å²) in [6, 6.07) is -1.59. The molecule has 120 valence electrons. The van der Waals surface area contributed by atoms with Crippen LogP contribution in [0.15, 0.2) is 0 Å². The molecule has 1 heterocycles. The van der Waals surface area contributed by atoms with Gasteiger partial charge in [-0.3, -0.25) is 4.90 Å².